The van der Waals surface area contributed by atoms with Crippen LogP contribution in [0.4, 0.5) is 5.69 Å². The maximum absolute atomic E-state index is 13.4. The van der Waals surface area contributed by atoms with E-state index in [0.29, 0.717) is 24.9 Å². The normalized spacial score (nSPS) is 17.9. The van der Waals surface area contributed by atoms with Crippen LogP contribution in [-0.4, -0.2) is 46.7 Å². The van der Waals surface area contributed by atoms with Gasteiger partial charge in [0, 0.05) is 43.7 Å². The van der Waals surface area contributed by atoms with Gasteiger partial charge in [-0.3, -0.25) is 14.4 Å². The summed E-state index contributed by atoms with van der Waals surface area (Å²) in [5, 5.41) is 2.88. The smallest absolute Gasteiger partial charge is 0.254 e. The number of aryl methyl sites for hydroxylation is 1. The molecule has 3 amide bonds. The SMILES string of the molecule is CCC(=O)Nc1ccc2c(c1)CN(C(=O)c1ccc(C)cc1)[C@@H](C(=O)N1CCCC1)C2. The van der Waals surface area contributed by atoms with Gasteiger partial charge < -0.3 is 15.1 Å². The van der Waals surface area contributed by atoms with E-state index in [-0.39, 0.29) is 17.7 Å². The van der Waals surface area contributed by atoms with Crippen LogP contribution in [0.5, 0.6) is 0 Å². The minimum absolute atomic E-state index is 0.0342. The standard InChI is InChI=1S/C25H29N3O3/c1-3-23(29)26-21-11-10-19-15-22(25(31)27-12-4-5-13-27)28(16-20(19)14-21)24(30)18-8-6-17(2)7-9-18/h6-11,14,22H,3-5,12-13,15-16H2,1-2H3,(H,26,29)/t22-/m1/s1. The Morgan fingerprint density at radius 2 is 1.71 bits per heavy atom. The van der Waals surface area contributed by atoms with E-state index < -0.39 is 6.04 Å². The molecule has 31 heavy (non-hydrogen) atoms. The first-order valence-electron chi connectivity index (χ1n) is 11.0. The van der Waals surface area contributed by atoms with E-state index in [1.165, 1.54) is 0 Å². The predicted molar refractivity (Wildman–Crippen MR) is 120 cm³/mol. The van der Waals surface area contributed by atoms with Crippen molar-refractivity contribution in [2.24, 2.45) is 0 Å². The number of anilines is 1. The summed E-state index contributed by atoms with van der Waals surface area (Å²) in [6.45, 7) is 5.66. The lowest BCUT2D eigenvalue weighted by Gasteiger charge is -2.38. The monoisotopic (exact) mass is 419 g/mol. The minimum atomic E-state index is -0.504. The van der Waals surface area contributed by atoms with Gasteiger partial charge in [-0.1, -0.05) is 30.7 Å². The molecular formula is C25H29N3O3. The number of nitrogens with zero attached hydrogens (tertiary/aromatic N) is 2. The lowest BCUT2D eigenvalue weighted by molar-refractivity contribution is -0.135. The van der Waals surface area contributed by atoms with E-state index in [4.69, 9.17) is 0 Å². The van der Waals surface area contributed by atoms with Crippen molar-refractivity contribution in [1.29, 1.82) is 0 Å². The zero-order valence-electron chi connectivity index (χ0n) is 18.2. The first kappa shape index (κ1) is 21.1. The van der Waals surface area contributed by atoms with Crippen molar-refractivity contribution in [3.8, 4) is 0 Å². The number of rotatable bonds is 4. The largest absolute Gasteiger partial charge is 0.341 e. The molecule has 1 atom stereocenters. The van der Waals surface area contributed by atoms with Gasteiger partial charge in [0.1, 0.15) is 6.04 Å². The van der Waals surface area contributed by atoms with Gasteiger partial charge in [-0.15, -0.1) is 0 Å². The predicted octanol–water partition coefficient (Wildman–Crippen LogP) is 3.53. The van der Waals surface area contributed by atoms with E-state index in [2.05, 4.69) is 5.32 Å². The third kappa shape index (κ3) is 4.48. The van der Waals surface area contributed by atoms with Crippen LogP contribution in [0.15, 0.2) is 42.5 Å². The molecule has 2 aliphatic heterocycles. The van der Waals surface area contributed by atoms with Crippen LogP contribution in [0.25, 0.3) is 0 Å². The van der Waals surface area contributed by atoms with Gasteiger partial charge in [-0.05, 0) is 55.2 Å². The number of fused-ring (bicyclic) bond motifs is 1. The van der Waals surface area contributed by atoms with E-state index >= 15 is 0 Å². The third-order valence-corrected chi connectivity index (χ3v) is 6.20. The molecule has 0 saturated carbocycles. The summed E-state index contributed by atoms with van der Waals surface area (Å²) < 4.78 is 0. The number of carbonyl (C=O) groups is 3. The molecule has 2 aromatic carbocycles. The summed E-state index contributed by atoms with van der Waals surface area (Å²) >= 11 is 0. The van der Waals surface area contributed by atoms with Crippen LogP contribution in [0.3, 0.4) is 0 Å². The molecule has 2 heterocycles. The Morgan fingerprint density at radius 3 is 2.39 bits per heavy atom. The van der Waals surface area contributed by atoms with Crippen molar-refractivity contribution in [2.45, 2.75) is 52.1 Å². The van der Waals surface area contributed by atoms with Crippen molar-refractivity contribution >= 4 is 23.4 Å². The number of amides is 3. The molecule has 4 rings (SSSR count). The maximum atomic E-state index is 13.4. The number of hydrogen-bond acceptors (Lipinski definition) is 3. The molecule has 0 bridgehead atoms. The van der Waals surface area contributed by atoms with Gasteiger partial charge in [-0.2, -0.15) is 0 Å². The summed E-state index contributed by atoms with van der Waals surface area (Å²) in [4.78, 5) is 42.2. The van der Waals surface area contributed by atoms with Gasteiger partial charge in [0.25, 0.3) is 5.91 Å². The van der Waals surface area contributed by atoms with Crippen molar-refractivity contribution in [3.63, 3.8) is 0 Å². The van der Waals surface area contributed by atoms with Crippen LogP contribution in [0.1, 0.15) is 53.2 Å². The fourth-order valence-corrected chi connectivity index (χ4v) is 4.36. The number of nitrogens with one attached hydrogen (secondary N) is 1. The second-order valence-electron chi connectivity index (χ2n) is 8.44. The fraction of sp³-hybridized carbons (Fsp3) is 0.400. The number of carbonyl (C=O) groups excluding carboxylic acids is 3. The summed E-state index contributed by atoms with van der Waals surface area (Å²) in [7, 11) is 0. The second kappa shape index (κ2) is 8.92. The molecule has 6 nitrogen and oxygen atoms in total. The van der Waals surface area contributed by atoms with Gasteiger partial charge in [-0.25, -0.2) is 0 Å². The number of hydrogen-bond donors (Lipinski definition) is 1. The van der Waals surface area contributed by atoms with E-state index in [9.17, 15) is 14.4 Å². The molecule has 0 spiro atoms. The fourth-order valence-electron chi connectivity index (χ4n) is 4.36. The van der Waals surface area contributed by atoms with Crippen molar-refractivity contribution in [2.75, 3.05) is 18.4 Å². The third-order valence-electron chi connectivity index (χ3n) is 6.20. The van der Waals surface area contributed by atoms with Crippen molar-refractivity contribution in [3.05, 3.63) is 64.7 Å². The van der Waals surface area contributed by atoms with Gasteiger partial charge in [0.15, 0.2) is 0 Å². The molecule has 1 fully saturated rings. The highest BCUT2D eigenvalue weighted by atomic mass is 16.2. The molecule has 2 aromatic rings. The molecule has 0 unspecified atom stereocenters. The van der Waals surface area contributed by atoms with Crippen LogP contribution >= 0.6 is 0 Å². The molecule has 2 aliphatic rings. The first-order chi connectivity index (χ1) is 15.0. The lowest BCUT2D eigenvalue weighted by Crippen LogP contribution is -2.53. The summed E-state index contributed by atoms with van der Waals surface area (Å²) in [5.74, 6) is -0.149. The molecular weight excluding hydrogens is 390 g/mol. The Balaban J connectivity index is 1.66. The Morgan fingerprint density at radius 1 is 1.00 bits per heavy atom. The van der Waals surface area contributed by atoms with Gasteiger partial charge in [0.2, 0.25) is 11.8 Å². The average Bonchev–Trinajstić information content (AvgIpc) is 3.32. The lowest BCUT2D eigenvalue weighted by atomic mass is 9.92. The average molecular weight is 420 g/mol. The van der Waals surface area contributed by atoms with Crippen LogP contribution in [0.2, 0.25) is 0 Å². The van der Waals surface area contributed by atoms with Crippen molar-refractivity contribution in [1.82, 2.24) is 9.80 Å². The van der Waals surface area contributed by atoms with E-state index in [0.717, 1.165) is 48.3 Å². The summed E-state index contributed by atoms with van der Waals surface area (Å²) in [6, 6.07) is 12.7. The molecule has 162 valence electrons. The van der Waals surface area contributed by atoms with Crippen LogP contribution in [-0.2, 0) is 22.6 Å². The highest BCUT2D eigenvalue weighted by molar-refractivity contribution is 5.98. The Bertz CT molecular complexity index is 994. The molecule has 0 aromatic heterocycles. The molecule has 0 aliphatic carbocycles. The molecule has 1 saturated heterocycles. The van der Waals surface area contributed by atoms with E-state index in [1.54, 1.807) is 4.90 Å². The zero-order valence-corrected chi connectivity index (χ0v) is 18.2. The van der Waals surface area contributed by atoms with E-state index in [1.807, 2.05) is 61.2 Å². The summed E-state index contributed by atoms with van der Waals surface area (Å²) in [6.07, 6.45) is 2.93. The topological polar surface area (TPSA) is 69.7 Å². The Kier molecular flexibility index (Phi) is 6.07. The maximum Gasteiger partial charge on any atom is 0.254 e. The second-order valence-corrected chi connectivity index (χ2v) is 8.44. The highest BCUT2D eigenvalue weighted by Crippen LogP contribution is 2.29. The van der Waals surface area contributed by atoms with Crippen LogP contribution in [0, 0.1) is 6.92 Å². The zero-order chi connectivity index (χ0) is 22.0. The van der Waals surface area contributed by atoms with Crippen molar-refractivity contribution < 1.29 is 14.4 Å². The highest BCUT2D eigenvalue weighted by Gasteiger charge is 2.38. The van der Waals surface area contributed by atoms with Crippen LogP contribution < -0.4 is 5.32 Å². The summed E-state index contributed by atoms with van der Waals surface area (Å²) in [5.41, 5.74) is 4.42. The number of likely N-dealkylation sites (tertiary alicyclic amines) is 1. The molecule has 1 N–H and O–H groups in total. The Hall–Kier alpha value is -3.15. The first-order valence-corrected chi connectivity index (χ1v) is 11.0. The van der Waals surface area contributed by atoms with Gasteiger partial charge in [0.05, 0.1) is 0 Å². The quantitative estimate of drug-likeness (QED) is 0.824. The molecule has 6 heteroatoms. The number of benzene rings is 2. The minimum Gasteiger partial charge on any atom is -0.341 e. The molecule has 0 radical (unpaired) electrons. The Labute approximate surface area is 183 Å². The van der Waals surface area contributed by atoms with Gasteiger partial charge >= 0.3 is 0 Å².